The first-order valence-electron chi connectivity index (χ1n) is 8.96. The van der Waals surface area contributed by atoms with E-state index < -0.39 is 23.6 Å². The summed E-state index contributed by atoms with van der Waals surface area (Å²) in [6, 6.07) is 16.7. The molecule has 0 heterocycles. The van der Waals surface area contributed by atoms with E-state index in [1.807, 2.05) is 0 Å². The van der Waals surface area contributed by atoms with Gasteiger partial charge in [-0.15, -0.1) is 0 Å². The van der Waals surface area contributed by atoms with Gasteiger partial charge in [0.25, 0.3) is 5.91 Å². The highest BCUT2D eigenvalue weighted by Crippen LogP contribution is 2.37. The van der Waals surface area contributed by atoms with E-state index in [2.05, 4.69) is 0 Å². The lowest BCUT2D eigenvalue weighted by atomic mass is 10.0. The molecule has 0 fully saturated rings. The Labute approximate surface area is 165 Å². The van der Waals surface area contributed by atoms with Crippen molar-refractivity contribution in [1.29, 1.82) is 0 Å². The van der Waals surface area contributed by atoms with E-state index in [0.717, 1.165) is 12.1 Å². The lowest BCUT2D eigenvalue weighted by Gasteiger charge is -2.25. The van der Waals surface area contributed by atoms with Crippen LogP contribution >= 0.6 is 0 Å². The van der Waals surface area contributed by atoms with Crippen LogP contribution in [-0.4, -0.2) is 23.5 Å². The Hall–Kier alpha value is -3.35. The van der Waals surface area contributed by atoms with Crippen LogP contribution in [0.4, 0.5) is 18.9 Å². The van der Waals surface area contributed by atoms with Crippen molar-refractivity contribution in [2.45, 2.75) is 19.0 Å². The van der Waals surface area contributed by atoms with Gasteiger partial charge in [0.1, 0.15) is 0 Å². The van der Waals surface area contributed by atoms with Crippen LogP contribution in [0.5, 0.6) is 0 Å². The van der Waals surface area contributed by atoms with E-state index >= 15 is 0 Å². The molecule has 0 saturated heterocycles. The molecule has 1 N–H and O–H groups in total. The number of carboxylic acids is 1. The predicted octanol–water partition coefficient (Wildman–Crippen LogP) is 5.37. The number of halogens is 3. The summed E-state index contributed by atoms with van der Waals surface area (Å²) in [5.74, 6) is -1.52. The highest BCUT2D eigenvalue weighted by atomic mass is 19.4. The molecule has 0 aliphatic rings. The summed E-state index contributed by atoms with van der Waals surface area (Å²) in [4.78, 5) is 25.3. The third-order valence-corrected chi connectivity index (χ3v) is 4.50. The van der Waals surface area contributed by atoms with Gasteiger partial charge in [0.2, 0.25) is 0 Å². The van der Waals surface area contributed by atoms with Gasteiger partial charge in [0, 0.05) is 23.9 Å². The molecule has 29 heavy (non-hydrogen) atoms. The van der Waals surface area contributed by atoms with Crippen LogP contribution in [0.2, 0.25) is 0 Å². The fraction of sp³-hybridized carbons (Fsp3) is 0.182. The Balaban J connectivity index is 2.14. The average molecular weight is 401 g/mol. The normalized spacial score (nSPS) is 11.4. The number of hydrogen-bond donors (Lipinski definition) is 1. The molecule has 150 valence electrons. The van der Waals surface area contributed by atoms with Crippen LogP contribution in [0.15, 0.2) is 66.7 Å². The fourth-order valence-corrected chi connectivity index (χ4v) is 3.13. The van der Waals surface area contributed by atoms with Gasteiger partial charge in [-0.1, -0.05) is 42.5 Å². The van der Waals surface area contributed by atoms with Crippen molar-refractivity contribution in [3.8, 4) is 0 Å². The molecule has 3 aromatic rings. The number of carboxylic acid groups (broad SMARTS) is 1. The number of nitrogens with zero attached hydrogens (tertiary/aromatic N) is 1. The van der Waals surface area contributed by atoms with Crippen molar-refractivity contribution < 1.29 is 27.9 Å². The van der Waals surface area contributed by atoms with Gasteiger partial charge in [-0.2, -0.15) is 13.2 Å². The third kappa shape index (κ3) is 4.74. The summed E-state index contributed by atoms with van der Waals surface area (Å²) in [5.41, 5.74) is -0.450. The molecule has 1 amide bonds. The lowest BCUT2D eigenvalue weighted by molar-refractivity contribution is -0.138. The Bertz CT molecular complexity index is 1030. The lowest BCUT2D eigenvalue weighted by Crippen LogP contribution is -2.32. The summed E-state index contributed by atoms with van der Waals surface area (Å²) in [6.07, 6.45) is -4.67. The second kappa shape index (κ2) is 8.34. The number of fused-ring (bicyclic) bond motifs is 1. The standard InChI is InChI=1S/C22H18F3NO3/c23-22(24,25)17-13-16-9-4-5-10-18(16)19(14-17)26(12-6-11-20(27)28)21(29)15-7-2-1-3-8-15/h1-5,7-10,13-14H,6,11-12H2,(H,27,28). The molecule has 3 aromatic carbocycles. The summed E-state index contributed by atoms with van der Waals surface area (Å²) < 4.78 is 40.4. The first-order chi connectivity index (χ1) is 13.8. The number of aliphatic carboxylic acids is 1. The highest BCUT2D eigenvalue weighted by Gasteiger charge is 2.32. The zero-order chi connectivity index (χ0) is 21.0. The summed E-state index contributed by atoms with van der Waals surface area (Å²) in [5, 5.41) is 9.76. The Morgan fingerprint density at radius 3 is 2.24 bits per heavy atom. The maximum absolute atomic E-state index is 13.5. The number of carbonyl (C=O) groups excluding carboxylic acids is 1. The number of amides is 1. The molecule has 0 aromatic heterocycles. The zero-order valence-corrected chi connectivity index (χ0v) is 15.3. The van der Waals surface area contributed by atoms with Gasteiger partial charge in [-0.05, 0) is 36.1 Å². The first kappa shape index (κ1) is 20.4. The minimum Gasteiger partial charge on any atom is -0.481 e. The second-order valence-electron chi connectivity index (χ2n) is 6.53. The van der Waals surface area contributed by atoms with Gasteiger partial charge >= 0.3 is 12.1 Å². The highest BCUT2D eigenvalue weighted by molar-refractivity contribution is 6.11. The SMILES string of the molecule is O=C(O)CCCN(C(=O)c1ccccc1)c1cc(C(F)(F)F)cc2ccccc12. The molecule has 3 rings (SSSR count). The number of benzene rings is 3. The molecule has 0 spiro atoms. The van der Waals surface area contributed by atoms with Crippen molar-refractivity contribution >= 4 is 28.3 Å². The molecule has 0 saturated carbocycles. The van der Waals surface area contributed by atoms with E-state index in [1.54, 1.807) is 54.6 Å². The molecule has 0 unspecified atom stereocenters. The Kier molecular flexibility index (Phi) is 5.87. The molecule has 0 aliphatic carbocycles. The summed E-state index contributed by atoms with van der Waals surface area (Å²) in [7, 11) is 0. The number of anilines is 1. The number of rotatable bonds is 6. The van der Waals surface area contributed by atoms with Crippen LogP contribution < -0.4 is 4.90 Å². The average Bonchev–Trinajstić information content (AvgIpc) is 2.70. The van der Waals surface area contributed by atoms with Crippen molar-refractivity contribution in [2.24, 2.45) is 0 Å². The van der Waals surface area contributed by atoms with E-state index in [0.29, 0.717) is 16.3 Å². The second-order valence-corrected chi connectivity index (χ2v) is 6.53. The first-order valence-corrected chi connectivity index (χ1v) is 8.96. The topological polar surface area (TPSA) is 57.6 Å². The maximum atomic E-state index is 13.5. The Morgan fingerprint density at radius 2 is 1.59 bits per heavy atom. The quantitative estimate of drug-likeness (QED) is 0.604. The van der Waals surface area contributed by atoms with Crippen LogP contribution in [0.3, 0.4) is 0 Å². The monoisotopic (exact) mass is 401 g/mol. The smallest absolute Gasteiger partial charge is 0.416 e. The molecular formula is C22H18F3NO3. The van der Waals surface area contributed by atoms with Crippen molar-refractivity contribution in [3.05, 3.63) is 77.9 Å². The van der Waals surface area contributed by atoms with Gasteiger partial charge in [-0.3, -0.25) is 9.59 Å². The van der Waals surface area contributed by atoms with Gasteiger partial charge in [0.05, 0.1) is 11.3 Å². The molecular weight excluding hydrogens is 383 g/mol. The predicted molar refractivity (Wildman–Crippen MR) is 104 cm³/mol. The number of hydrogen-bond acceptors (Lipinski definition) is 2. The number of alkyl halides is 3. The van der Waals surface area contributed by atoms with E-state index in [9.17, 15) is 22.8 Å². The van der Waals surface area contributed by atoms with Crippen molar-refractivity contribution in [1.82, 2.24) is 0 Å². The fourth-order valence-electron chi connectivity index (χ4n) is 3.13. The van der Waals surface area contributed by atoms with Crippen LogP contribution in [-0.2, 0) is 11.0 Å². The van der Waals surface area contributed by atoms with Gasteiger partial charge in [-0.25, -0.2) is 0 Å². The molecule has 7 heteroatoms. The largest absolute Gasteiger partial charge is 0.481 e. The minimum atomic E-state index is -4.58. The third-order valence-electron chi connectivity index (χ3n) is 4.50. The Morgan fingerprint density at radius 1 is 0.931 bits per heavy atom. The van der Waals surface area contributed by atoms with Crippen LogP contribution in [0.25, 0.3) is 10.8 Å². The molecule has 0 atom stereocenters. The van der Waals surface area contributed by atoms with Crippen LogP contribution in [0.1, 0.15) is 28.8 Å². The maximum Gasteiger partial charge on any atom is 0.416 e. The number of carbonyl (C=O) groups is 2. The summed E-state index contributed by atoms with van der Waals surface area (Å²) >= 11 is 0. The van der Waals surface area contributed by atoms with Gasteiger partial charge < -0.3 is 10.0 Å². The van der Waals surface area contributed by atoms with E-state index in [1.165, 1.54) is 4.90 Å². The zero-order valence-electron chi connectivity index (χ0n) is 15.3. The van der Waals surface area contributed by atoms with Crippen LogP contribution in [0, 0.1) is 0 Å². The summed E-state index contributed by atoms with van der Waals surface area (Å²) in [6.45, 7) is -0.0225. The van der Waals surface area contributed by atoms with E-state index in [-0.39, 0.29) is 25.1 Å². The minimum absolute atomic E-state index is 0.0225. The van der Waals surface area contributed by atoms with E-state index in [4.69, 9.17) is 5.11 Å². The van der Waals surface area contributed by atoms with Crippen molar-refractivity contribution in [2.75, 3.05) is 11.4 Å². The molecule has 0 radical (unpaired) electrons. The molecule has 0 aliphatic heterocycles. The van der Waals surface area contributed by atoms with Crippen molar-refractivity contribution in [3.63, 3.8) is 0 Å². The molecule has 0 bridgehead atoms. The molecule has 4 nitrogen and oxygen atoms in total. The van der Waals surface area contributed by atoms with Gasteiger partial charge in [0.15, 0.2) is 0 Å².